The first kappa shape index (κ1) is 18.7. The average Bonchev–Trinajstić information content (AvgIpc) is 2.54. The molecule has 0 aromatic carbocycles. The minimum Gasteiger partial charge on any atom is -0.483 e. The Balaban J connectivity index is 0.000000816. The van der Waals surface area contributed by atoms with Crippen molar-refractivity contribution in [1.29, 1.82) is 0 Å². The smallest absolute Gasteiger partial charge is 0.290 e. The lowest BCUT2D eigenvalue weighted by molar-refractivity contribution is -0.123. The van der Waals surface area contributed by atoms with Crippen LogP contribution in [0, 0.1) is 0 Å². The number of nitrogens with one attached hydrogen (secondary N) is 1. The van der Waals surface area contributed by atoms with Crippen molar-refractivity contribution in [3.8, 4) is 0 Å². The monoisotopic (exact) mass is 323 g/mol. The summed E-state index contributed by atoms with van der Waals surface area (Å²) in [6.07, 6.45) is 3.86. The molecule has 1 fully saturated rings. The number of carbonyl (C=O) groups excluding carboxylic acids is 1. The zero-order chi connectivity index (χ0) is 17.2. The topological polar surface area (TPSA) is 98.7 Å². The van der Waals surface area contributed by atoms with Crippen molar-refractivity contribution >= 4 is 24.1 Å². The quantitative estimate of drug-likeness (QED) is 0.788. The van der Waals surface area contributed by atoms with Crippen molar-refractivity contribution in [2.45, 2.75) is 32.7 Å². The highest BCUT2D eigenvalue weighted by Crippen LogP contribution is 2.18. The Morgan fingerprint density at radius 2 is 2.30 bits per heavy atom. The Morgan fingerprint density at radius 1 is 1.61 bits per heavy atom. The van der Waals surface area contributed by atoms with Crippen LogP contribution in [0.2, 0.25) is 0 Å². The Bertz CT molecular complexity index is 512. The fraction of sp³-hybridized carbons (Fsp3) is 0.600. The van der Waals surface area contributed by atoms with Crippen molar-refractivity contribution in [3.63, 3.8) is 0 Å². The third-order valence-electron chi connectivity index (χ3n) is 3.61. The van der Waals surface area contributed by atoms with Gasteiger partial charge < -0.3 is 20.2 Å². The predicted octanol–water partition coefficient (Wildman–Crippen LogP) is 0.738. The first-order valence-electron chi connectivity index (χ1n) is 7.65. The number of anilines is 2. The van der Waals surface area contributed by atoms with Crippen LogP contribution in [0.15, 0.2) is 12.3 Å². The van der Waals surface area contributed by atoms with Crippen molar-refractivity contribution < 1.29 is 14.7 Å². The number of hydrogen-bond donors (Lipinski definition) is 2. The van der Waals surface area contributed by atoms with Gasteiger partial charge in [0.1, 0.15) is 5.82 Å². The molecule has 0 spiro atoms. The summed E-state index contributed by atoms with van der Waals surface area (Å²) in [4.78, 5) is 32.7. The number of rotatable bonds is 4. The molecule has 2 N–H and O–H groups in total. The summed E-state index contributed by atoms with van der Waals surface area (Å²) in [6.45, 7) is 6.03. The number of carbonyl (C=O) groups is 2. The molecular formula is C15H25N5O3. The summed E-state index contributed by atoms with van der Waals surface area (Å²) in [5, 5.41) is 9.87. The minimum absolute atomic E-state index is 0.0252. The summed E-state index contributed by atoms with van der Waals surface area (Å²) < 4.78 is 0. The summed E-state index contributed by atoms with van der Waals surface area (Å²) in [6, 6.07) is 2.11. The van der Waals surface area contributed by atoms with Gasteiger partial charge in [0.2, 0.25) is 11.9 Å². The lowest BCUT2D eigenvalue weighted by Gasteiger charge is -2.33. The predicted molar refractivity (Wildman–Crippen MR) is 88.7 cm³/mol. The Kier molecular flexibility index (Phi) is 7.79. The standard InChI is InChI=1S/C14H23N5O.CH2O2/c1-4-18(3)13-7-8-15-14(17-13)19-9-5-6-12(10-19)16-11(2)20;2-1-3/h7-8,12H,4-6,9-10H2,1-3H3,(H,16,20);1H,(H,2,3). The van der Waals surface area contributed by atoms with Gasteiger partial charge in [0, 0.05) is 45.8 Å². The number of nitrogens with zero attached hydrogens (tertiary/aromatic N) is 4. The van der Waals surface area contributed by atoms with E-state index in [9.17, 15) is 4.79 Å². The second-order valence-corrected chi connectivity index (χ2v) is 5.32. The van der Waals surface area contributed by atoms with Crippen LogP contribution in [-0.4, -0.2) is 60.2 Å². The van der Waals surface area contributed by atoms with E-state index in [2.05, 4.69) is 32.0 Å². The van der Waals surface area contributed by atoms with Crippen LogP contribution in [0.25, 0.3) is 0 Å². The highest BCUT2D eigenvalue weighted by molar-refractivity contribution is 5.73. The van der Waals surface area contributed by atoms with E-state index in [1.54, 1.807) is 13.1 Å². The molecule has 1 saturated heterocycles. The maximum absolute atomic E-state index is 11.2. The minimum atomic E-state index is -0.250. The second kappa shape index (κ2) is 9.60. The fourth-order valence-corrected chi connectivity index (χ4v) is 2.43. The van der Waals surface area contributed by atoms with Crippen LogP contribution >= 0.6 is 0 Å². The van der Waals surface area contributed by atoms with Crippen molar-refractivity contribution in [3.05, 3.63) is 12.3 Å². The molecule has 2 heterocycles. The third kappa shape index (κ3) is 6.09. The molecule has 0 bridgehead atoms. The maximum atomic E-state index is 11.2. The van der Waals surface area contributed by atoms with Crippen molar-refractivity contribution in [2.24, 2.45) is 0 Å². The Hall–Kier alpha value is -2.38. The molecule has 8 heteroatoms. The molecule has 23 heavy (non-hydrogen) atoms. The van der Waals surface area contributed by atoms with Gasteiger partial charge in [-0.3, -0.25) is 9.59 Å². The van der Waals surface area contributed by atoms with E-state index in [4.69, 9.17) is 9.90 Å². The van der Waals surface area contributed by atoms with E-state index in [0.717, 1.165) is 44.2 Å². The number of carboxylic acid groups (broad SMARTS) is 1. The third-order valence-corrected chi connectivity index (χ3v) is 3.61. The largest absolute Gasteiger partial charge is 0.483 e. The lowest BCUT2D eigenvalue weighted by Crippen LogP contribution is -2.47. The summed E-state index contributed by atoms with van der Waals surface area (Å²) >= 11 is 0. The Labute approximate surface area is 136 Å². The molecular weight excluding hydrogens is 298 g/mol. The summed E-state index contributed by atoms with van der Waals surface area (Å²) in [7, 11) is 2.02. The van der Waals surface area contributed by atoms with E-state index >= 15 is 0 Å². The first-order chi connectivity index (χ1) is 11.0. The van der Waals surface area contributed by atoms with Gasteiger partial charge in [-0.05, 0) is 25.8 Å². The molecule has 1 aliphatic rings. The van der Waals surface area contributed by atoms with Gasteiger partial charge in [0.15, 0.2) is 0 Å². The maximum Gasteiger partial charge on any atom is 0.290 e. The van der Waals surface area contributed by atoms with Crippen LogP contribution in [0.3, 0.4) is 0 Å². The molecule has 1 unspecified atom stereocenters. The van der Waals surface area contributed by atoms with Crippen molar-refractivity contribution in [1.82, 2.24) is 15.3 Å². The molecule has 1 atom stereocenters. The zero-order valence-corrected chi connectivity index (χ0v) is 13.9. The van der Waals surface area contributed by atoms with Gasteiger partial charge >= 0.3 is 0 Å². The highest BCUT2D eigenvalue weighted by Gasteiger charge is 2.22. The van der Waals surface area contributed by atoms with E-state index in [0.29, 0.717) is 0 Å². The molecule has 8 nitrogen and oxygen atoms in total. The van der Waals surface area contributed by atoms with Crippen LogP contribution in [0.4, 0.5) is 11.8 Å². The van der Waals surface area contributed by atoms with Gasteiger partial charge in [-0.1, -0.05) is 0 Å². The summed E-state index contributed by atoms with van der Waals surface area (Å²) in [5.41, 5.74) is 0. The van der Waals surface area contributed by atoms with Gasteiger partial charge in [-0.25, -0.2) is 4.98 Å². The second-order valence-electron chi connectivity index (χ2n) is 5.32. The van der Waals surface area contributed by atoms with Crippen molar-refractivity contribution in [2.75, 3.05) is 36.5 Å². The van der Waals surface area contributed by atoms with E-state index in [-0.39, 0.29) is 18.4 Å². The number of piperidine rings is 1. The van der Waals surface area contributed by atoms with E-state index in [1.165, 1.54) is 0 Å². The molecule has 0 saturated carbocycles. The molecule has 1 aliphatic heterocycles. The van der Waals surface area contributed by atoms with E-state index in [1.807, 2.05) is 13.1 Å². The fourth-order valence-electron chi connectivity index (χ4n) is 2.43. The molecule has 1 aromatic rings. The number of amides is 1. The molecule has 0 radical (unpaired) electrons. The average molecular weight is 323 g/mol. The van der Waals surface area contributed by atoms with Gasteiger partial charge in [0.05, 0.1) is 0 Å². The van der Waals surface area contributed by atoms with Crippen LogP contribution in [0.1, 0.15) is 26.7 Å². The van der Waals surface area contributed by atoms with Gasteiger partial charge in [0.25, 0.3) is 6.47 Å². The van der Waals surface area contributed by atoms with Gasteiger partial charge in [-0.15, -0.1) is 0 Å². The van der Waals surface area contributed by atoms with Crippen LogP contribution < -0.4 is 15.1 Å². The lowest BCUT2D eigenvalue weighted by atomic mass is 10.1. The number of hydrogen-bond acceptors (Lipinski definition) is 6. The molecule has 0 aliphatic carbocycles. The Morgan fingerprint density at radius 3 is 2.91 bits per heavy atom. The molecule has 128 valence electrons. The summed E-state index contributed by atoms with van der Waals surface area (Å²) in [5.74, 6) is 1.70. The SMILES string of the molecule is CCN(C)c1ccnc(N2CCCC(NC(C)=O)C2)n1.O=CO. The van der Waals surface area contributed by atoms with Gasteiger partial charge in [-0.2, -0.15) is 4.98 Å². The molecule has 1 amide bonds. The highest BCUT2D eigenvalue weighted by atomic mass is 16.3. The molecule has 2 rings (SSSR count). The number of aromatic nitrogens is 2. The first-order valence-corrected chi connectivity index (χ1v) is 7.65. The van der Waals surface area contributed by atoms with E-state index < -0.39 is 0 Å². The molecule has 1 aromatic heterocycles. The normalized spacial score (nSPS) is 16.8. The zero-order valence-electron chi connectivity index (χ0n) is 13.9. The van der Waals surface area contributed by atoms with Crippen LogP contribution in [-0.2, 0) is 9.59 Å². The van der Waals surface area contributed by atoms with Crippen LogP contribution in [0.5, 0.6) is 0 Å².